The molecule has 1 N–H and O–H groups in total. The van der Waals surface area contributed by atoms with Crippen LogP contribution in [-0.4, -0.2) is 26.8 Å². The van der Waals surface area contributed by atoms with Gasteiger partial charge in [-0.3, -0.25) is 0 Å². The molecule has 0 bridgehead atoms. The summed E-state index contributed by atoms with van der Waals surface area (Å²) < 4.78 is 0. The van der Waals surface area contributed by atoms with Crippen LogP contribution in [0.15, 0.2) is 11.6 Å². The fourth-order valence-corrected chi connectivity index (χ4v) is 0.449. The van der Waals surface area contributed by atoms with E-state index >= 15 is 0 Å². The van der Waals surface area contributed by atoms with Crippen LogP contribution >= 0.6 is 0 Å². The lowest BCUT2D eigenvalue weighted by Crippen LogP contribution is -1.99. The first-order valence-electron chi connectivity index (χ1n) is 2.27. The molecule has 0 aliphatic carbocycles. The molecule has 40 valence electrons. The molecule has 1 aliphatic rings. The predicted octanol–water partition coefficient (Wildman–Crippen LogP) is -0.158. The molecule has 0 amide bonds. The molecule has 0 aromatic rings. The van der Waals surface area contributed by atoms with Gasteiger partial charge in [-0.15, -0.1) is 0 Å². The van der Waals surface area contributed by atoms with E-state index in [2.05, 4.69) is 9.58 Å². The molecule has 0 atom stereocenters. The zero-order chi connectivity index (χ0) is 5.98. The third-order valence-electron chi connectivity index (χ3n) is 0.778. The smallest absolute Gasteiger partial charge is 0.441 e. The van der Waals surface area contributed by atoms with E-state index in [1.807, 2.05) is 6.92 Å². The van der Waals surface area contributed by atoms with Gasteiger partial charge in [0.05, 0.1) is 11.6 Å². The molecule has 3 nitrogen and oxygen atoms in total. The summed E-state index contributed by atoms with van der Waals surface area (Å²) in [4.78, 5) is 6.83. The number of aliphatic hydroxyl groups is 1. The van der Waals surface area contributed by atoms with E-state index in [4.69, 9.17) is 5.11 Å². The van der Waals surface area contributed by atoms with Gasteiger partial charge in [0.25, 0.3) is 0 Å². The summed E-state index contributed by atoms with van der Waals surface area (Å²) in [6.45, 7) is 1.84. The van der Waals surface area contributed by atoms with Crippen molar-refractivity contribution >= 4 is 12.1 Å². The van der Waals surface area contributed by atoms with Crippen LogP contribution in [-0.2, 0) is 0 Å². The minimum atomic E-state index is -0.0231. The van der Waals surface area contributed by atoms with Gasteiger partial charge in [-0.25, -0.2) is 0 Å². The van der Waals surface area contributed by atoms with Gasteiger partial charge >= 0.3 is 21.7 Å². The Hall–Kier alpha value is -1.30. The van der Waals surface area contributed by atoms with Crippen molar-refractivity contribution in [3.63, 3.8) is 0 Å². The van der Waals surface area contributed by atoms with E-state index in [1.54, 1.807) is 12.3 Å². The fourth-order valence-electron chi connectivity index (χ4n) is 0.449. The van der Waals surface area contributed by atoms with Crippen LogP contribution in [0.5, 0.6) is 0 Å². The van der Waals surface area contributed by atoms with Crippen molar-refractivity contribution in [1.82, 2.24) is 0 Å². The van der Waals surface area contributed by atoms with Crippen molar-refractivity contribution in [2.45, 2.75) is 6.92 Å². The Labute approximate surface area is 46.4 Å². The molecular weight excluding hydrogens is 104 g/mol. The molecule has 0 radical (unpaired) electrons. The summed E-state index contributed by atoms with van der Waals surface area (Å²) in [5, 5.41) is 8.64. The van der Waals surface area contributed by atoms with Crippen LogP contribution in [0, 0.1) is 0 Å². The fraction of sp³-hybridized carbons (Fsp3) is 0.200. The molecule has 0 saturated heterocycles. The van der Waals surface area contributed by atoms with Gasteiger partial charge in [0.1, 0.15) is 0 Å². The van der Waals surface area contributed by atoms with Gasteiger partial charge in [-0.2, -0.15) is 0 Å². The van der Waals surface area contributed by atoms with Crippen molar-refractivity contribution in [3.05, 3.63) is 11.6 Å². The molecule has 8 heavy (non-hydrogen) atoms. The summed E-state index contributed by atoms with van der Waals surface area (Å²) in [6, 6.07) is 0. The highest BCUT2D eigenvalue weighted by Gasteiger charge is 2.13. The van der Waals surface area contributed by atoms with E-state index < -0.39 is 0 Å². The summed E-state index contributed by atoms with van der Waals surface area (Å²) in [5.74, 6) is -0.0231. The molecule has 1 heterocycles. The van der Waals surface area contributed by atoms with Gasteiger partial charge in [0.2, 0.25) is 0 Å². The zero-order valence-corrected chi connectivity index (χ0v) is 4.50. The first kappa shape index (κ1) is 4.85. The molecule has 0 spiro atoms. The standard InChI is InChI=1S/C5H5N2O/c1-4-2-5(8)7-6-3-4/h2-3H,1H3/q+1/p+1. The van der Waals surface area contributed by atoms with Crippen LogP contribution in [0.2, 0.25) is 0 Å². The first-order valence-corrected chi connectivity index (χ1v) is 2.27. The lowest BCUT2D eigenvalue weighted by Gasteiger charge is -1.69. The largest absolute Gasteiger partial charge is 0.589 e. The molecule has 0 fully saturated rings. The number of aliphatic hydroxyl groups excluding tert-OH is 1. The maximum Gasteiger partial charge on any atom is 0.589 e. The van der Waals surface area contributed by atoms with Crippen molar-refractivity contribution in [2.75, 3.05) is 0 Å². The van der Waals surface area contributed by atoms with Crippen LogP contribution < -0.4 is 0 Å². The molecule has 0 aromatic carbocycles. The molecular formula is C5H6N2O+2. The van der Waals surface area contributed by atoms with Crippen molar-refractivity contribution < 1.29 is 14.7 Å². The van der Waals surface area contributed by atoms with Crippen LogP contribution in [0.1, 0.15) is 6.92 Å². The molecule has 0 aromatic heterocycles. The highest BCUT2D eigenvalue weighted by atomic mass is 16.3. The summed E-state index contributed by atoms with van der Waals surface area (Å²) in [6.07, 6.45) is 3.13. The van der Waals surface area contributed by atoms with Gasteiger partial charge < -0.3 is 5.11 Å². The minimum Gasteiger partial charge on any atom is -0.441 e. The topological polar surface area (TPSA) is 48.4 Å². The number of hydrogen-bond donors (Lipinski definition) is 1. The Balaban J connectivity index is 3.10. The highest BCUT2D eigenvalue weighted by molar-refractivity contribution is 5.89. The normalized spacial score (nSPS) is 15.6. The van der Waals surface area contributed by atoms with Crippen LogP contribution in [0.25, 0.3) is 0 Å². The lowest BCUT2D eigenvalue weighted by atomic mass is 10.3. The molecule has 0 saturated carbocycles. The second-order valence-corrected chi connectivity index (χ2v) is 1.59. The van der Waals surface area contributed by atoms with E-state index in [1.165, 1.54) is 0 Å². The van der Waals surface area contributed by atoms with E-state index in [9.17, 15) is 0 Å². The lowest BCUT2D eigenvalue weighted by molar-refractivity contribution is -0.549. The quantitative estimate of drug-likeness (QED) is 0.433. The Bertz CT molecular complexity index is 227. The van der Waals surface area contributed by atoms with Crippen molar-refractivity contribution in [2.24, 2.45) is 0 Å². The number of allylic oxidation sites excluding steroid dienone is 1. The second-order valence-electron chi connectivity index (χ2n) is 1.59. The third kappa shape index (κ3) is 0.850. The number of hydrogen-bond acceptors (Lipinski definition) is 0. The Morgan fingerprint density at radius 1 is 1.62 bits per heavy atom. The number of rotatable bonds is 0. The van der Waals surface area contributed by atoms with Gasteiger partial charge in [-0.05, 0) is 6.92 Å². The highest BCUT2D eigenvalue weighted by Crippen LogP contribution is 1.85. The van der Waals surface area contributed by atoms with Crippen LogP contribution in [0.3, 0.4) is 0 Å². The summed E-state index contributed by atoms with van der Waals surface area (Å²) in [7, 11) is 0. The Kier molecular flexibility index (Phi) is 1.01. The SMILES string of the molecule is CC1=CC(O)=[N+]=[N+]=C1. The minimum absolute atomic E-state index is 0.0231. The van der Waals surface area contributed by atoms with Crippen molar-refractivity contribution in [3.8, 4) is 0 Å². The maximum absolute atomic E-state index is 8.64. The molecule has 0 unspecified atom stereocenters. The van der Waals surface area contributed by atoms with E-state index in [0.29, 0.717) is 0 Å². The molecule has 1 aliphatic heterocycles. The second kappa shape index (κ2) is 1.66. The van der Waals surface area contributed by atoms with E-state index in [0.717, 1.165) is 5.57 Å². The van der Waals surface area contributed by atoms with Crippen molar-refractivity contribution in [1.29, 1.82) is 0 Å². The summed E-state index contributed by atoms with van der Waals surface area (Å²) >= 11 is 0. The monoisotopic (exact) mass is 110 g/mol. The van der Waals surface area contributed by atoms with E-state index in [-0.39, 0.29) is 5.90 Å². The predicted molar refractivity (Wildman–Crippen MR) is 28.0 cm³/mol. The van der Waals surface area contributed by atoms with Gasteiger partial charge in [0.15, 0.2) is 0 Å². The zero-order valence-electron chi connectivity index (χ0n) is 4.50. The third-order valence-corrected chi connectivity index (χ3v) is 0.778. The molecule has 1 rings (SSSR count). The number of nitrogens with zero attached hydrogens (tertiary/aromatic N) is 2. The Morgan fingerprint density at radius 3 is 2.75 bits per heavy atom. The van der Waals surface area contributed by atoms with Gasteiger partial charge in [0, 0.05) is 0 Å². The first-order chi connectivity index (χ1) is 3.79. The molecule has 3 heteroatoms. The summed E-state index contributed by atoms with van der Waals surface area (Å²) in [5.41, 5.74) is 0.914. The average molecular weight is 110 g/mol. The van der Waals surface area contributed by atoms with Crippen LogP contribution in [0.4, 0.5) is 0 Å². The Morgan fingerprint density at radius 2 is 2.38 bits per heavy atom. The maximum atomic E-state index is 8.64. The average Bonchev–Trinajstić information content (AvgIpc) is 1.64. The van der Waals surface area contributed by atoms with Gasteiger partial charge in [-0.1, -0.05) is 0 Å².